The van der Waals surface area contributed by atoms with Crippen molar-refractivity contribution in [1.82, 2.24) is 30.2 Å². The maximum Gasteiger partial charge on any atom is 0.209 e. The van der Waals surface area contributed by atoms with E-state index in [4.69, 9.17) is 16.3 Å². The van der Waals surface area contributed by atoms with E-state index in [0.29, 0.717) is 35.5 Å². The number of piperidine rings is 1. The molecule has 0 spiro atoms. The number of hydrazine groups is 1. The van der Waals surface area contributed by atoms with Crippen LogP contribution in [0.3, 0.4) is 0 Å². The number of nitrogens with zero attached hydrogens (tertiary/aromatic N) is 5. The highest BCUT2D eigenvalue weighted by atomic mass is 19.1. The Morgan fingerprint density at radius 2 is 1.86 bits per heavy atom. The van der Waals surface area contributed by atoms with Gasteiger partial charge in [-0.2, -0.15) is 0 Å². The van der Waals surface area contributed by atoms with Gasteiger partial charge in [0.15, 0.2) is 0 Å². The minimum absolute atomic E-state index is 0.00765. The summed E-state index contributed by atoms with van der Waals surface area (Å²) in [6.45, 7) is 3.06. The van der Waals surface area contributed by atoms with Crippen molar-refractivity contribution in [2.24, 2.45) is 11.6 Å². The van der Waals surface area contributed by atoms with Crippen LogP contribution in [0.15, 0.2) is 60.9 Å². The van der Waals surface area contributed by atoms with E-state index in [-0.39, 0.29) is 42.5 Å². The first-order chi connectivity index (χ1) is 21.1. The summed E-state index contributed by atoms with van der Waals surface area (Å²) in [6.07, 6.45) is 3.77. The molecular formula is C30H40F2N8O4. The van der Waals surface area contributed by atoms with Gasteiger partial charge in [0, 0.05) is 43.5 Å². The number of hydrogen-bond donors (Lipinski definition) is 5. The summed E-state index contributed by atoms with van der Waals surface area (Å²) in [5.41, 5.74) is 8.12. The van der Waals surface area contributed by atoms with Gasteiger partial charge in [-0.05, 0) is 44.0 Å². The first-order valence-corrected chi connectivity index (χ1v) is 14.4. The van der Waals surface area contributed by atoms with Gasteiger partial charge in [-0.3, -0.25) is 4.79 Å². The predicted octanol–water partition coefficient (Wildman–Crippen LogP) is 1.23. The van der Waals surface area contributed by atoms with E-state index in [1.807, 2.05) is 6.92 Å². The number of nitrogens with two attached hydrogens (primary N) is 2. The van der Waals surface area contributed by atoms with Crippen molar-refractivity contribution in [3.8, 4) is 11.3 Å². The topological polar surface area (TPSA) is 168 Å². The number of aliphatic hydroxyl groups is 2. The Labute approximate surface area is 254 Å². The van der Waals surface area contributed by atoms with Gasteiger partial charge in [-0.1, -0.05) is 29.5 Å². The van der Waals surface area contributed by atoms with Gasteiger partial charge < -0.3 is 35.9 Å². The summed E-state index contributed by atoms with van der Waals surface area (Å²) in [5.74, 6) is 5.38. The highest BCUT2D eigenvalue weighted by Crippen LogP contribution is 2.30. The molecule has 6 atom stereocenters. The highest BCUT2D eigenvalue weighted by Gasteiger charge is 2.37. The van der Waals surface area contributed by atoms with Crippen molar-refractivity contribution in [3.63, 3.8) is 0 Å². The molecule has 14 heteroatoms. The maximum absolute atomic E-state index is 13.3. The van der Waals surface area contributed by atoms with Gasteiger partial charge in [0.25, 0.3) is 0 Å². The molecule has 7 N–H and O–H groups in total. The zero-order valence-corrected chi connectivity index (χ0v) is 24.7. The van der Waals surface area contributed by atoms with Crippen LogP contribution in [-0.4, -0.2) is 98.7 Å². The van der Waals surface area contributed by atoms with Crippen molar-refractivity contribution in [2.45, 2.75) is 56.2 Å². The van der Waals surface area contributed by atoms with Crippen molar-refractivity contribution < 1.29 is 28.5 Å². The van der Waals surface area contributed by atoms with Crippen LogP contribution < -0.4 is 16.9 Å². The molecule has 1 amide bonds. The number of ether oxygens (including phenoxy) is 1. The van der Waals surface area contributed by atoms with Gasteiger partial charge in [-0.15, -0.1) is 5.10 Å². The summed E-state index contributed by atoms with van der Waals surface area (Å²) in [5, 5.41) is 32.4. The lowest BCUT2D eigenvalue weighted by atomic mass is 9.96. The number of halogens is 2. The predicted molar refractivity (Wildman–Crippen MR) is 160 cm³/mol. The average molecular weight is 615 g/mol. The molecule has 2 fully saturated rings. The second-order valence-corrected chi connectivity index (χ2v) is 11.1. The lowest BCUT2D eigenvalue weighted by Crippen LogP contribution is -2.55. The summed E-state index contributed by atoms with van der Waals surface area (Å²) >= 11 is 0. The fraction of sp³-hybridized carbons (Fsp3) is 0.433. The molecule has 3 heterocycles. The highest BCUT2D eigenvalue weighted by molar-refractivity contribution is 5.62. The van der Waals surface area contributed by atoms with E-state index in [1.54, 1.807) is 53.3 Å². The number of amides is 1. The van der Waals surface area contributed by atoms with E-state index in [1.165, 1.54) is 29.3 Å². The van der Waals surface area contributed by atoms with Crippen LogP contribution in [0, 0.1) is 11.6 Å². The van der Waals surface area contributed by atoms with E-state index in [2.05, 4.69) is 15.6 Å². The molecule has 0 saturated carbocycles. The number of aromatic nitrogens is 3. The Balaban J connectivity index is 0.000000201. The Kier molecular flexibility index (Phi) is 11.4. The second-order valence-electron chi connectivity index (χ2n) is 11.1. The normalized spacial score (nSPS) is 25.5. The van der Waals surface area contributed by atoms with Crippen molar-refractivity contribution in [1.29, 1.82) is 0 Å². The van der Waals surface area contributed by atoms with Crippen LogP contribution >= 0.6 is 0 Å². The van der Waals surface area contributed by atoms with E-state index in [9.17, 15) is 23.8 Å². The van der Waals surface area contributed by atoms with Crippen LogP contribution in [-0.2, 0) is 9.53 Å². The third-order valence-electron chi connectivity index (χ3n) is 7.82. The van der Waals surface area contributed by atoms with Gasteiger partial charge in [0.05, 0.1) is 36.7 Å². The van der Waals surface area contributed by atoms with Crippen LogP contribution in [0.5, 0.6) is 0 Å². The molecule has 238 valence electrons. The SMILES string of the molecule is CC1CC(n2cc(-c3cccc(F)c3)nn2)C(O)C(CO)O1.CN(C=O)C1CNCC(N(N)/C=C(\N)c2cccc(F)c2)C1. The van der Waals surface area contributed by atoms with Gasteiger partial charge >= 0.3 is 0 Å². The molecule has 0 radical (unpaired) electrons. The molecule has 2 aliphatic heterocycles. The lowest BCUT2D eigenvalue weighted by Gasteiger charge is -2.37. The molecule has 44 heavy (non-hydrogen) atoms. The Morgan fingerprint density at radius 3 is 2.55 bits per heavy atom. The minimum Gasteiger partial charge on any atom is -0.397 e. The number of carbonyl (C=O) groups excluding carboxylic acids is 1. The molecule has 0 bridgehead atoms. The van der Waals surface area contributed by atoms with Crippen LogP contribution in [0.2, 0.25) is 0 Å². The van der Waals surface area contributed by atoms with Crippen molar-refractivity contribution >= 4 is 12.1 Å². The number of benzene rings is 2. The number of nitrogens with one attached hydrogen (secondary N) is 1. The van der Waals surface area contributed by atoms with Crippen LogP contribution in [0.1, 0.15) is 31.4 Å². The zero-order valence-electron chi connectivity index (χ0n) is 24.7. The number of carbonyl (C=O) groups is 1. The Bertz CT molecular complexity index is 1410. The van der Waals surface area contributed by atoms with E-state index in [0.717, 1.165) is 19.4 Å². The van der Waals surface area contributed by atoms with E-state index < -0.39 is 12.2 Å². The fourth-order valence-electron chi connectivity index (χ4n) is 5.33. The van der Waals surface area contributed by atoms with Gasteiger partial charge in [0.1, 0.15) is 29.5 Å². The largest absolute Gasteiger partial charge is 0.397 e. The molecule has 2 saturated heterocycles. The van der Waals surface area contributed by atoms with Crippen LogP contribution in [0.25, 0.3) is 17.0 Å². The molecule has 12 nitrogen and oxygen atoms in total. The lowest BCUT2D eigenvalue weighted by molar-refractivity contribution is -0.150. The average Bonchev–Trinajstić information content (AvgIpc) is 3.52. The molecular weight excluding hydrogens is 574 g/mol. The number of aliphatic hydroxyl groups excluding tert-OH is 2. The number of likely N-dealkylation sites (N-methyl/N-ethyl adjacent to an activating group) is 1. The summed E-state index contributed by atoms with van der Waals surface area (Å²) in [7, 11) is 1.75. The van der Waals surface area contributed by atoms with Gasteiger partial charge in [-0.25, -0.2) is 19.3 Å². The first kappa shape index (κ1) is 33.0. The number of rotatable bonds is 8. The molecule has 2 aromatic carbocycles. The third kappa shape index (κ3) is 8.36. The quantitative estimate of drug-likeness (QED) is 0.141. The Hall–Kier alpha value is -3.95. The summed E-state index contributed by atoms with van der Waals surface area (Å²) in [4.78, 5) is 12.5. The first-order valence-electron chi connectivity index (χ1n) is 14.4. The van der Waals surface area contributed by atoms with Gasteiger partial charge in [0.2, 0.25) is 6.41 Å². The number of hydrogen-bond acceptors (Lipinski definition) is 10. The summed E-state index contributed by atoms with van der Waals surface area (Å²) < 4.78 is 33.6. The molecule has 2 aliphatic rings. The van der Waals surface area contributed by atoms with Crippen LogP contribution in [0.4, 0.5) is 8.78 Å². The standard InChI is InChI=1S/C15H22FN5O.C15H18FN3O3/c1-20(10-22)13-6-14(8-19-7-13)21(18)9-15(17)11-3-2-4-12(16)5-11;1-9-5-13(15(21)14(8-20)22-9)19-7-12(17-18-19)10-3-2-4-11(16)6-10/h2-5,9-10,13-14,19H,6-8,17-18H2,1H3;2-4,6-7,9,13-15,20-21H,5,8H2,1H3/b15-9-;. The van der Waals surface area contributed by atoms with E-state index >= 15 is 0 Å². The van der Waals surface area contributed by atoms with Crippen molar-refractivity contribution in [3.05, 3.63) is 78.1 Å². The third-order valence-corrected chi connectivity index (χ3v) is 7.82. The van der Waals surface area contributed by atoms with Crippen molar-refractivity contribution in [2.75, 3.05) is 26.7 Å². The molecule has 1 aromatic heterocycles. The smallest absolute Gasteiger partial charge is 0.209 e. The summed E-state index contributed by atoms with van der Waals surface area (Å²) in [6, 6.07) is 11.9. The maximum atomic E-state index is 13.3. The monoisotopic (exact) mass is 614 g/mol. The molecule has 5 rings (SSSR count). The molecule has 6 unspecified atom stereocenters. The minimum atomic E-state index is -0.872. The molecule has 0 aliphatic carbocycles. The zero-order chi connectivity index (χ0) is 31.8. The Morgan fingerprint density at radius 1 is 1.16 bits per heavy atom. The second kappa shape index (κ2) is 15.2. The fourth-order valence-corrected chi connectivity index (χ4v) is 5.33. The molecule has 3 aromatic rings.